The average Bonchev–Trinajstić information content (AvgIpc) is 2.96. The Balaban J connectivity index is 1.73. The summed E-state index contributed by atoms with van der Waals surface area (Å²) in [5, 5.41) is 2.46. The number of ether oxygens (including phenoxy) is 2. The number of methoxy groups -OCH3 is 2. The summed E-state index contributed by atoms with van der Waals surface area (Å²) in [5.74, 6) is -2.60. The maximum atomic E-state index is 13.4. The van der Waals surface area contributed by atoms with Gasteiger partial charge < -0.3 is 13.7 Å². The van der Waals surface area contributed by atoms with Gasteiger partial charge in [0.15, 0.2) is 11.5 Å². The van der Waals surface area contributed by atoms with Crippen molar-refractivity contribution in [3.63, 3.8) is 0 Å². The van der Waals surface area contributed by atoms with Crippen LogP contribution in [-0.2, 0) is 30.9 Å². The molecule has 42 heavy (non-hydrogen) atoms. The summed E-state index contributed by atoms with van der Waals surface area (Å²) < 4.78 is 41.5. The number of nitrogens with zero attached hydrogens (tertiary/aromatic N) is 1. The number of amides is 4. The fraction of sp³-hybridized carbons (Fsp3) is 0.103. The minimum absolute atomic E-state index is 0.00580. The first kappa shape index (κ1) is 30.0. The Labute approximate surface area is 246 Å². The number of rotatable bonds is 9. The van der Waals surface area contributed by atoms with Crippen LogP contribution in [0.5, 0.6) is 11.5 Å². The van der Waals surface area contributed by atoms with Crippen LogP contribution < -0.4 is 19.1 Å². The zero-order valence-electron chi connectivity index (χ0n) is 22.3. The molecular formula is C29H23ClN2O9S. The topological polar surface area (TPSA) is 145 Å². The highest BCUT2D eigenvalue weighted by Gasteiger charge is 2.37. The van der Waals surface area contributed by atoms with Crippen LogP contribution in [0.2, 0.25) is 5.02 Å². The minimum atomic E-state index is -4.30. The molecule has 0 spiro atoms. The Kier molecular flexibility index (Phi) is 8.79. The van der Waals surface area contributed by atoms with Gasteiger partial charge in [-0.2, -0.15) is 8.42 Å². The molecule has 216 valence electrons. The van der Waals surface area contributed by atoms with E-state index in [0.717, 1.165) is 4.90 Å². The minimum Gasteiger partial charge on any atom is -0.493 e. The van der Waals surface area contributed by atoms with Crippen LogP contribution in [0.3, 0.4) is 0 Å². The fourth-order valence-electron chi connectivity index (χ4n) is 4.00. The van der Waals surface area contributed by atoms with E-state index in [1.165, 1.54) is 87.0 Å². The molecule has 3 aromatic rings. The number of urea groups is 1. The highest BCUT2D eigenvalue weighted by atomic mass is 35.5. The molecule has 4 amide bonds. The number of halogens is 1. The molecule has 0 aliphatic carbocycles. The van der Waals surface area contributed by atoms with Gasteiger partial charge in [-0.3, -0.25) is 14.9 Å². The van der Waals surface area contributed by atoms with Gasteiger partial charge in [-0.15, -0.1) is 6.58 Å². The van der Waals surface area contributed by atoms with E-state index in [-0.39, 0.29) is 45.2 Å². The number of anilines is 1. The Bertz CT molecular complexity index is 1730. The molecule has 4 rings (SSSR count). The highest BCUT2D eigenvalue weighted by molar-refractivity contribution is 7.87. The molecule has 1 aliphatic rings. The molecule has 3 aromatic carbocycles. The number of esters is 1. The lowest BCUT2D eigenvalue weighted by Crippen LogP contribution is -2.54. The zero-order valence-corrected chi connectivity index (χ0v) is 23.8. The van der Waals surface area contributed by atoms with Crippen LogP contribution in [-0.4, -0.2) is 46.5 Å². The van der Waals surface area contributed by atoms with Crippen molar-refractivity contribution in [1.82, 2.24) is 5.32 Å². The molecule has 13 heteroatoms. The number of hydrogen-bond acceptors (Lipinski definition) is 9. The zero-order chi connectivity index (χ0) is 30.6. The Morgan fingerprint density at radius 1 is 1.02 bits per heavy atom. The van der Waals surface area contributed by atoms with Crippen LogP contribution in [0.1, 0.15) is 21.5 Å². The summed E-state index contributed by atoms with van der Waals surface area (Å²) in [4.78, 5) is 51.0. The number of imide groups is 2. The van der Waals surface area contributed by atoms with E-state index < -0.39 is 33.9 Å². The van der Waals surface area contributed by atoms with Crippen molar-refractivity contribution >= 4 is 57.3 Å². The van der Waals surface area contributed by atoms with Crippen molar-refractivity contribution in [3.8, 4) is 11.5 Å². The van der Waals surface area contributed by atoms with Crippen molar-refractivity contribution in [2.45, 2.75) is 11.3 Å². The molecule has 1 heterocycles. The second-order valence-corrected chi connectivity index (χ2v) is 10.7. The van der Waals surface area contributed by atoms with Crippen LogP contribution in [0, 0.1) is 0 Å². The Morgan fingerprint density at radius 3 is 2.29 bits per heavy atom. The molecule has 0 radical (unpaired) electrons. The molecule has 0 bridgehead atoms. The van der Waals surface area contributed by atoms with Crippen molar-refractivity contribution in [2.75, 3.05) is 19.1 Å². The molecule has 11 nitrogen and oxygen atoms in total. The van der Waals surface area contributed by atoms with Gasteiger partial charge in [-0.25, -0.2) is 14.5 Å². The van der Waals surface area contributed by atoms with Crippen molar-refractivity contribution in [1.29, 1.82) is 0 Å². The Morgan fingerprint density at radius 2 is 1.69 bits per heavy atom. The van der Waals surface area contributed by atoms with Crippen molar-refractivity contribution in [2.24, 2.45) is 0 Å². The van der Waals surface area contributed by atoms with E-state index in [1.807, 2.05) is 0 Å². The van der Waals surface area contributed by atoms with E-state index in [1.54, 1.807) is 0 Å². The normalized spacial score (nSPS) is 14.4. The lowest BCUT2D eigenvalue weighted by molar-refractivity contribution is -0.122. The van der Waals surface area contributed by atoms with Gasteiger partial charge in [0, 0.05) is 10.6 Å². The molecule has 1 aliphatic heterocycles. The molecule has 1 fully saturated rings. The largest absolute Gasteiger partial charge is 0.493 e. The van der Waals surface area contributed by atoms with Gasteiger partial charge in [-0.05, 0) is 78.7 Å². The summed E-state index contributed by atoms with van der Waals surface area (Å²) in [6, 6.07) is 12.7. The van der Waals surface area contributed by atoms with Crippen molar-refractivity contribution in [3.05, 3.63) is 101 Å². The lowest BCUT2D eigenvalue weighted by atomic mass is 10.0. The third-order valence-electron chi connectivity index (χ3n) is 5.99. The van der Waals surface area contributed by atoms with Crippen molar-refractivity contribution < 1.29 is 41.3 Å². The van der Waals surface area contributed by atoms with Gasteiger partial charge in [0.2, 0.25) is 0 Å². The summed E-state index contributed by atoms with van der Waals surface area (Å²) in [5.41, 5.74) is 0.503. The van der Waals surface area contributed by atoms with Gasteiger partial charge in [0.1, 0.15) is 10.5 Å². The molecule has 1 saturated heterocycles. The fourth-order valence-corrected chi connectivity index (χ4v) is 5.10. The first-order valence-corrected chi connectivity index (χ1v) is 13.9. The smallest absolute Gasteiger partial charge is 0.339 e. The van der Waals surface area contributed by atoms with Crippen LogP contribution >= 0.6 is 11.6 Å². The molecule has 1 N–H and O–H groups in total. The second kappa shape index (κ2) is 12.3. The summed E-state index contributed by atoms with van der Waals surface area (Å²) in [6.45, 7) is 3.69. The monoisotopic (exact) mass is 610 g/mol. The maximum Gasteiger partial charge on any atom is 0.339 e. The number of barbiturate groups is 1. The van der Waals surface area contributed by atoms with Gasteiger partial charge in [0.05, 0.1) is 25.5 Å². The van der Waals surface area contributed by atoms with E-state index >= 15 is 0 Å². The first-order chi connectivity index (χ1) is 20.0. The van der Waals surface area contributed by atoms with Crippen LogP contribution in [0.25, 0.3) is 6.08 Å². The number of carbonyl (C=O) groups excluding carboxylic acids is 4. The van der Waals surface area contributed by atoms with E-state index in [9.17, 15) is 27.6 Å². The van der Waals surface area contributed by atoms with Gasteiger partial charge >= 0.3 is 22.1 Å². The molecule has 0 saturated carbocycles. The molecule has 0 unspecified atom stereocenters. The number of benzene rings is 3. The van der Waals surface area contributed by atoms with E-state index in [2.05, 4.69) is 16.6 Å². The van der Waals surface area contributed by atoms with E-state index in [4.69, 9.17) is 20.5 Å². The predicted molar refractivity (Wildman–Crippen MR) is 153 cm³/mol. The van der Waals surface area contributed by atoms with Gasteiger partial charge in [-0.1, -0.05) is 17.7 Å². The molecule has 0 atom stereocenters. The quantitative estimate of drug-likeness (QED) is 0.123. The predicted octanol–water partition coefficient (Wildman–Crippen LogP) is 4.30. The number of allylic oxidation sites excluding steroid dienone is 1. The van der Waals surface area contributed by atoms with Crippen LogP contribution in [0.15, 0.2) is 83.8 Å². The summed E-state index contributed by atoms with van der Waals surface area (Å²) in [7, 11) is -1.79. The molecule has 0 aromatic heterocycles. The summed E-state index contributed by atoms with van der Waals surface area (Å²) >= 11 is 5.87. The van der Waals surface area contributed by atoms with Crippen LogP contribution in [0.4, 0.5) is 10.5 Å². The number of hydrogen-bond donors (Lipinski definition) is 1. The number of carbonyl (C=O) groups is 4. The first-order valence-electron chi connectivity index (χ1n) is 12.1. The van der Waals surface area contributed by atoms with E-state index in [0.29, 0.717) is 10.6 Å². The Hall–Kier alpha value is -4.94. The third-order valence-corrected chi connectivity index (χ3v) is 7.48. The highest BCUT2D eigenvalue weighted by Crippen LogP contribution is 2.37. The third kappa shape index (κ3) is 6.19. The SMILES string of the molecule is C=CCc1cc(/C=C2\C(=O)NC(=O)N(c3ccc(C(=O)OC)cc3)C2=O)cc(OC)c1OS(=O)(=O)c1ccc(Cl)cc1. The number of nitrogens with one attached hydrogen (secondary N) is 1. The standard InChI is InChI=1S/C29H23ClN2O9S/c1-4-5-19-14-17(16-24(39-2)25(19)41-42(37,38)22-12-8-20(30)9-13-22)15-23-26(33)31-29(36)32(27(23)34)21-10-6-18(7-11-21)28(35)40-3/h4,6-16H,1,5H2,2-3H3,(H,31,33,36)/b23-15+. The molecular weight excluding hydrogens is 588 g/mol. The average molecular weight is 611 g/mol. The second-order valence-electron chi connectivity index (χ2n) is 8.69. The lowest BCUT2D eigenvalue weighted by Gasteiger charge is -2.26. The van der Waals surface area contributed by atoms with Gasteiger partial charge in [0.25, 0.3) is 11.8 Å². The maximum absolute atomic E-state index is 13.4. The summed E-state index contributed by atoms with van der Waals surface area (Å²) in [6.07, 6.45) is 2.87.